The van der Waals surface area contributed by atoms with Crippen LogP contribution in [0.5, 0.6) is 0 Å². The summed E-state index contributed by atoms with van der Waals surface area (Å²) in [4.78, 5) is 33.1. The molecule has 1 aliphatic heterocycles. The smallest absolute Gasteiger partial charge is 0.266 e. The van der Waals surface area contributed by atoms with Crippen molar-refractivity contribution in [3.8, 4) is 5.69 Å². The van der Waals surface area contributed by atoms with Gasteiger partial charge in [0.1, 0.15) is 0 Å². The number of aryl methyl sites for hydroxylation is 1. The monoisotopic (exact) mass is 475 g/mol. The second-order valence-electron chi connectivity index (χ2n) is 8.16. The van der Waals surface area contributed by atoms with E-state index in [9.17, 15) is 9.59 Å². The number of hydrogen-bond acceptors (Lipinski definition) is 4. The second-order valence-corrected chi connectivity index (χ2v) is 9.54. The van der Waals surface area contributed by atoms with E-state index >= 15 is 0 Å². The van der Waals surface area contributed by atoms with Gasteiger partial charge in [-0.2, -0.15) is 0 Å². The fourth-order valence-electron chi connectivity index (χ4n) is 4.16. The number of fused-ring (bicyclic) bond motifs is 2. The number of benzene rings is 3. The van der Waals surface area contributed by atoms with Crippen LogP contribution in [-0.4, -0.2) is 32.7 Å². The van der Waals surface area contributed by atoms with Crippen molar-refractivity contribution < 1.29 is 4.79 Å². The second kappa shape index (κ2) is 9.04. The summed E-state index contributed by atoms with van der Waals surface area (Å²) < 4.78 is 1.59. The molecule has 3 aromatic carbocycles. The summed E-state index contributed by atoms with van der Waals surface area (Å²) in [5.74, 6) is 0.234. The van der Waals surface area contributed by atoms with E-state index in [0.717, 1.165) is 17.7 Å². The fourth-order valence-corrected chi connectivity index (χ4v) is 5.24. The number of halogens is 1. The Bertz CT molecular complexity index is 1430. The van der Waals surface area contributed by atoms with Crippen LogP contribution in [0.2, 0.25) is 5.02 Å². The zero-order valence-electron chi connectivity index (χ0n) is 18.1. The minimum atomic E-state index is -0.177. The van der Waals surface area contributed by atoms with Crippen LogP contribution in [0.1, 0.15) is 16.7 Å². The lowest BCUT2D eigenvalue weighted by molar-refractivity contribution is -0.129. The van der Waals surface area contributed by atoms with Crippen LogP contribution in [-0.2, 0) is 17.8 Å². The quantitative estimate of drug-likeness (QED) is 0.307. The topological polar surface area (TPSA) is 55.2 Å². The number of carbonyl (C=O) groups is 1. The third kappa shape index (κ3) is 4.41. The number of hydrogen-bond donors (Lipinski definition) is 0. The first-order valence-corrected chi connectivity index (χ1v) is 12.1. The molecule has 0 saturated carbocycles. The molecule has 5 rings (SSSR count). The molecule has 0 saturated heterocycles. The number of carbonyl (C=O) groups excluding carboxylic acids is 1. The van der Waals surface area contributed by atoms with Gasteiger partial charge in [0.15, 0.2) is 5.16 Å². The molecule has 0 fully saturated rings. The molecular weight excluding hydrogens is 454 g/mol. The number of rotatable bonds is 4. The minimum Gasteiger partial charge on any atom is -0.337 e. The predicted molar refractivity (Wildman–Crippen MR) is 133 cm³/mol. The van der Waals surface area contributed by atoms with Gasteiger partial charge >= 0.3 is 0 Å². The Labute approximate surface area is 201 Å². The van der Waals surface area contributed by atoms with Crippen LogP contribution in [0.15, 0.2) is 76.7 Å². The Morgan fingerprint density at radius 2 is 1.88 bits per heavy atom. The normalized spacial score (nSPS) is 13.2. The van der Waals surface area contributed by atoms with Gasteiger partial charge in [0.2, 0.25) is 5.91 Å². The van der Waals surface area contributed by atoms with Crippen LogP contribution in [0, 0.1) is 6.92 Å². The molecule has 0 unspecified atom stereocenters. The molecule has 1 aromatic heterocycles. The maximum Gasteiger partial charge on any atom is 0.266 e. The van der Waals surface area contributed by atoms with Gasteiger partial charge in [0, 0.05) is 18.1 Å². The first-order chi connectivity index (χ1) is 16.0. The number of nitrogens with zero attached hydrogens (tertiary/aromatic N) is 3. The van der Waals surface area contributed by atoms with E-state index < -0.39 is 0 Å². The van der Waals surface area contributed by atoms with E-state index in [1.54, 1.807) is 22.8 Å². The average Bonchev–Trinajstić information content (AvgIpc) is 2.82. The van der Waals surface area contributed by atoms with E-state index in [1.165, 1.54) is 22.9 Å². The van der Waals surface area contributed by atoms with Gasteiger partial charge < -0.3 is 4.90 Å². The summed E-state index contributed by atoms with van der Waals surface area (Å²) >= 11 is 7.44. The summed E-state index contributed by atoms with van der Waals surface area (Å²) in [6.07, 6.45) is 0.854. The van der Waals surface area contributed by atoms with E-state index in [-0.39, 0.29) is 17.2 Å². The van der Waals surface area contributed by atoms with E-state index in [2.05, 4.69) is 12.1 Å². The third-order valence-corrected chi connectivity index (χ3v) is 7.03. The van der Waals surface area contributed by atoms with Crippen molar-refractivity contribution in [2.24, 2.45) is 0 Å². The molecule has 33 heavy (non-hydrogen) atoms. The lowest BCUT2D eigenvalue weighted by Crippen LogP contribution is -2.37. The lowest BCUT2D eigenvalue weighted by atomic mass is 10.00. The summed E-state index contributed by atoms with van der Waals surface area (Å²) in [5.41, 5.74) is 4.61. The van der Waals surface area contributed by atoms with Crippen LogP contribution in [0.3, 0.4) is 0 Å². The summed E-state index contributed by atoms with van der Waals surface area (Å²) in [5, 5.41) is 1.48. The van der Waals surface area contributed by atoms with Gasteiger partial charge in [0.25, 0.3) is 5.56 Å². The van der Waals surface area contributed by atoms with Crippen molar-refractivity contribution in [2.45, 2.75) is 25.0 Å². The fraction of sp³-hybridized carbons (Fsp3) is 0.192. The Morgan fingerprint density at radius 3 is 2.70 bits per heavy atom. The first-order valence-electron chi connectivity index (χ1n) is 10.8. The van der Waals surface area contributed by atoms with Crippen molar-refractivity contribution in [3.63, 3.8) is 0 Å². The zero-order valence-corrected chi connectivity index (χ0v) is 19.7. The molecule has 0 bridgehead atoms. The molecule has 4 aromatic rings. The zero-order chi connectivity index (χ0) is 22.9. The minimum absolute atomic E-state index is 0.0331. The summed E-state index contributed by atoms with van der Waals surface area (Å²) in [7, 11) is 0. The molecule has 166 valence electrons. The SMILES string of the molecule is Cc1cccc(-n2c(SCC(=O)N3CCc4ccccc4C3)nc3cc(Cl)ccc3c2=O)c1. The highest BCUT2D eigenvalue weighted by atomic mass is 35.5. The highest BCUT2D eigenvalue weighted by Crippen LogP contribution is 2.25. The molecule has 7 heteroatoms. The summed E-state index contributed by atoms with van der Waals surface area (Å²) in [6.45, 7) is 3.29. The van der Waals surface area contributed by atoms with Crippen LogP contribution >= 0.6 is 23.4 Å². The van der Waals surface area contributed by atoms with E-state index in [1.807, 2.05) is 48.2 Å². The molecular formula is C26H22ClN3O2S. The van der Waals surface area contributed by atoms with Gasteiger partial charge in [-0.15, -0.1) is 0 Å². The van der Waals surface area contributed by atoms with Crippen molar-refractivity contribution in [3.05, 3.63) is 98.8 Å². The van der Waals surface area contributed by atoms with E-state index in [4.69, 9.17) is 16.6 Å². The van der Waals surface area contributed by atoms with Gasteiger partial charge in [-0.1, -0.05) is 59.8 Å². The number of amides is 1. The van der Waals surface area contributed by atoms with Crippen molar-refractivity contribution in [2.75, 3.05) is 12.3 Å². The lowest BCUT2D eigenvalue weighted by Gasteiger charge is -2.28. The Hall–Kier alpha value is -3.09. The van der Waals surface area contributed by atoms with Crippen LogP contribution in [0.25, 0.3) is 16.6 Å². The Kier molecular flexibility index (Phi) is 5.96. The van der Waals surface area contributed by atoms with Crippen molar-refractivity contribution in [1.29, 1.82) is 0 Å². The van der Waals surface area contributed by atoms with Crippen LogP contribution in [0.4, 0.5) is 0 Å². The standard InChI is InChI=1S/C26H22ClN3O2S/c1-17-5-4-8-21(13-17)30-25(32)22-10-9-20(27)14-23(22)28-26(30)33-16-24(31)29-12-11-18-6-2-3-7-19(18)15-29/h2-10,13-14H,11-12,15-16H2,1H3. The maximum atomic E-state index is 13.4. The molecule has 0 spiro atoms. The van der Waals surface area contributed by atoms with Crippen molar-refractivity contribution >= 4 is 40.2 Å². The van der Waals surface area contributed by atoms with Gasteiger partial charge in [-0.25, -0.2) is 4.98 Å². The highest BCUT2D eigenvalue weighted by Gasteiger charge is 2.22. The Morgan fingerprint density at radius 1 is 1.06 bits per heavy atom. The molecule has 0 N–H and O–H groups in total. The highest BCUT2D eigenvalue weighted by molar-refractivity contribution is 7.99. The average molecular weight is 476 g/mol. The number of thioether (sulfide) groups is 1. The predicted octanol–water partition coefficient (Wildman–Crippen LogP) is 5.02. The van der Waals surface area contributed by atoms with Crippen molar-refractivity contribution in [1.82, 2.24) is 14.5 Å². The molecule has 0 aliphatic carbocycles. The first kappa shape index (κ1) is 21.7. The Balaban J connectivity index is 1.47. The van der Waals surface area contributed by atoms with Crippen LogP contribution < -0.4 is 5.56 Å². The molecule has 2 heterocycles. The molecule has 0 atom stereocenters. The maximum absolute atomic E-state index is 13.4. The van der Waals surface area contributed by atoms with Gasteiger partial charge in [0.05, 0.1) is 22.3 Å². The molecule has 5 nitrogen and oxygen atoms in total. The molecule has 0 radical (unpaired) electrons. The summed E-state index contributed by atoms with van der Waals surface area (Å²) in [6, 6.07) is 21.0. The van der Waals surface area contributed by atoms with E-state index in [0.29, 0.717) is 34.2 Å². The third-order valence-electron chi connectivity index (χ3n) is 5.87. The number of aromatic nitrogens is 2. The van der Waals surface area contributed by atoms with Gasteiger partial charge in [-0.05, 0) is 60.4 Å². The largest absolute Gasteiger partial charge is 0.337 e. The molecule has 1 aliphatic rings. The molecule has 1 amide bonds. The van der Waals surface area contributed by atoms with Gasteiger partial charge in [-0.3, -0.25) is 14.2 Å².